The molecule has 118 valence electrons. The smallest absolute Gasteiger partial charge is 0.319 e. The number of nitrogens with zero attached hydrogens (tertiary/aromatic N) is 2. The van der Waals surface area contributed by atoms with Gasteiger partial charge >= 0.3 is 6.03 Å². The number of carbonyl (C=O) groups excluding carboxylic acids is 1. The van der Waals surface area contributed by atoms with Crippen LogP contribution in [0.3, 0.4) is 0 Å². The summed E-state index contributed by atoms with van der Waals surface area (Å²) in [6.45, 7) is 2.71. The number of urea groups is 1. The number of aromatic nitrogens is 2. The SMILES string of the molecule is CCn1cc(NC(=O)N[C@@H](C[S@](C)=O)c2ccccc2)cn1. The highest BCUT2D eigenvalue weighted by Gasteiger charge is 2.16. The molecule has 0 aliphatic heterocycles. The van der Waals surface area contributed by atoms with E-state index in [4.69, 9.17) is 0 Å². The molecule has 2 amide bonds. The fraction of sp³-hybridized carbons (Fsp3) is 0.333. The maximum atomic E-state index is 12.1. The van der Waals surface area contributed by atoms with Gasteiger partial charge in [0.1, 0.15) is 0 Å². The van der Waals surface area contributed by atoms with Crippen molar-refractivity contribution in [3.63, 3.8) is 0 Å². The van der Waals surface area contributed by atoms with Crippen LogP contribution in [0.1, 0.15) is 18.5 Å². The molecule has 2 atom stereocenters. The summed E-state index contributed by atoms with van der Waals surface area (Å²) in [6.07, 6.45) is 4.98. The van der Waals surface area contributed by atoms with Crippen LogP contribution in [-0.2, 0) is 17.3 Å². The van der Waals surface area contributed by atoms with E-state index in [2.05, 4.69) is 15.7 Å². The topological polar surface area (TPSA) is 76.0 Å². The second-order valence-corrected chi connectivity index (χ2v) is 6.37. The zero-order valence-corrected chi connectivity index (χ0v) is 13.5. The number of hydrogen-bond acceptors (Lipinski definition) is 3. The lowest BCUT2D eigenvalue weighted by molar-refractivity contribution is 0.249. The summed E-state index contributed by atoms with van der Waals surface area (Å²) < 4.78 is 13.3. The largest absolute Gasteiger partial charge is 0.330 e. The first-order valence-corrected chi connectivity index (χ1v) is 8.76. The van der Waals surface area contributed by atoms with Gasteiger partial charge in [-0.1, -0.05) is 30.3 Å². The Morgan fingerprint density at radius 2 is 2.09 bits per heavy atom. The normalized spacial score (nSPS) is 13.4. The number of rotatable bonds is 6. The van der Waals surface area contributed by atoms with Gasteiger partial charge in [0.05, 0.1) is 17.9 Å². The van der Waals surface area contributed by atoms with E-state index in [9.17, 15) is 9.00 Å². The maximum absolute atomic E-state index is 12.1. The minimum Gasteiger partial charge on any atom is -0.330 e. The van der Waals surface area contributed by atoms with Crippen LogP contribution in [0.2, 0.25) is 0 Å². The maximum Gasteiger partial charge on any atom is 0.319 e. The molecule has 2 aromatic rings. The molecule has 0 unspecified atom stereocenters. The average Bonchev–Trinajstić information content (AvgIpc) is 2.94. The van der Waals surface area contributed by atoms with E-state index in [1.807, 2.05) is 37.3 Å². The molecule has 0 spiro atoms. The van der Waals surface area contributed by atoms with Crippen molar-refractivity contribution < 1.29 is 9.00 Å². The lowest BCUT2D eigenvalue weighted by Gasteiger charge is -2.18. The molecule has 2 rings (SSSR count). The van der Waals surface area contributed by atoms with Crippen molar-refractivity contribution in [2.45, 2.75) is 19.5 Å². The zero-order valence-electron chi connectivity index (χ0n) is 12.7. The predicted octanol–water partition coefficient (Wildman–Crippen LogP) is 2.14. The molecule has 1 heterocycles. The molecular formula is C15H20N4O2S. The third-order valence-electron chi connectivity index (χ3n) is 3.12. The standard InChI is InChI=1S/C15H20N4O2S/c1-3-19-10-13(9-16-19)17-15(20)18-14(11-22(2)21)12-7-5-4-6-8-12/h4-10,14H,3,11H2,1-2H3,(H2,17,18,20)/t14-,22-/m0/s1. The quantitative estimate of drug-likeness (QED) is 0.856. The van der Waals surface area contributed by atoms with Crippen molar-refractivity contribution in [2.75, 3.05) is 17.3 Å². The Hall–Kier alpha value is -2.15. The summed E-state index contributed by atoms with van der Waals surface area (Å²) >= 11 is 0. The molecule has 0 bridgehead atoms. The molecule has 1 aromatic carbocycles. The summed E-state index contributed by atoms with van der Waals surface area (Å²) in [4.78, 5) is 12.1. The monoisotopic (exact) mass is 320 g/mol. The van der Waals surface area contributed by atoms with Crippen molar-refractivity contribution in [2.24, 2.45) is 0 Å². The summed E-state index contributed by atoms with van der Waals surface area (Å²) in [5.74, 6) is 0.367. The second-order valence-electron chi connectivity index (χ2n) is 4.89. The minimum atomic E-state index is -1.02. The summed E-state index contributed by atoms with van der Waals surface area (Å²) in [5, 5.41) is 9.70. The highest BCUT2D eigenvalue weighted by Crippen LogP contribution is 2.14. The third-order valence-corrected chi connectivity index (χ3v) is 3.93. The fourth-order valence-electron chi connectivity index (χ4n) is 2.07. The van der Waals surface area contributed by atoms with Crippen LogP contribution in [0.15, 0.2) is 42.7 Å². The number of amides is 2. The molecule has 0 aliphatic rings. The number of nitrogens with one attached hydrogen (secondary N) is 2. The Labute approximate surface area is 132 Å². The first kappa shape index (κ1) is 16.2. The van der Waals surface area contributed by atoms with Crippen molar-refractivity contribution >= 4 is 22.5 Å². The van der Waals surface area contributed by atoms with Crippen LogP contribution in [0.25, 0.3) is 0 Å². The number of anilines is 1. The highest BCUT2D eigenvalue weighted by molar-refractivity contribution is 7.84. The summed E-state index contributed by atoms with van der Waals surface area (Å²) in [6, 6.07) is 8.88. The van der Waals surface area contributed by atoms with Crippen LogP contribution in [-0.4, -0.2) is 32.0 Å². The van der Waals surface area contributed by atoms with Crippen molar-refractivity contribution in [1.29, 1.82) is 0 Å². The van der Waals surface area contributed by atoms with Gasteiger partial charge in [-0.3, -0.25) is 8.89 Å². The van der Waals surface area contributed by atoms with E-state index in [0.717, 1.165) is 12.1 Å². The molecule has 2 N–H and O–H groups in total. The van der Waals surface area contributed by atoms with Gasteiger partial charge < -0.3 is 10.6 Å². The lowest BCUT2D eigenvalue weighted by Crippen LogP contribution is -2.35. The van der Waals surface area contributed by atoms with Crippen LogP contribution in [0.5, 0.6) is 0 Å². The molecule has 0 radical (unpaired) electrons. The molecule has 1 aromatic heterocycles. The van der Waals surface area contributed by atoms with Gasteiger partial charge in [-0.15, -0.1) is 0 Å². The van der Waals surface area contributed by atoms with Gasteiger partial charge in [-0.2, -0.15) is 5.10 Å². The predicted molar refractivity (Wildman–Crippen MR) is 88.2 cm³/mol. The first-order chi connectivity index (χ1) is 10.6. The Bertz CT molecular complexity index is 642. The number of hydrogen-bond donors (Lipinski definition) is 2. The Morgan fingerprint density at radius 1 is 1.36 bits per heavy atom. The summed E-state index contributed by atoms with van der Waals surface area (Å²) in [5.41, 5.74) is 1.56. The van der Waals surface area contributed by atoms with Gasteiger partial charge in [0.2, 0.25) is 0 Å². The first-order valence-electron chi connectivity index (χ1n) is 7.03. The van der Waals surface area contributed by atoms with E-state index in [0.29, 0.717) is 11.4 Å². The minimum absolute atomic E-state index is 0.298. The molecule has 0 saturated heterocycles. The number of carbonyl (C=O) groups is 1. The molecule has 0 aliphatic carbocycles. The molecule has 6 nitrogen and oxygen atoms in total. The van der Waals surface area contributed by atoms with Gasteiger partial charge in [-0.25, -0.2) is 4.79 Å². The van der Waals surface area contributed by atoms with Crippen LogP contribution < -0.4 is 10.6 Å². The summed E-state index contributed by atoms with van der Waals surface area (Å²) in [7, 11) is -1.02. The van der Waals surface area contributed by atoms with Gasteiger partial charge in [0.15, 0.2) is 0 Å². The van der Waals surface area contributed by atoms with E-state index in [1.54, 1.807) is 23.3 Å². The number of aryl methyl sites for hydroxylation is 1. The van der Waals surface area contributed by atoms with E-state index >= 15 is 0 Å². The van der Waals surface area contributed by atoms with Crippen molar-refractivity contribution in [1.82, 2.24) is 15.1 Å². The fourth-order valence-corrected chi connectivity index (χ4v) is 2.81. The molecule has 7 heteroatoms. The lowest BCUT2D eigenvalue weighted by atomic mass is 10.1. The van der Waals surface area contributed by atoms with Crippen molar-refractivity contribution in [3.8, 4) is 0 Å². The number of benzene rings is 1. The Morgan fingerprint density at radius 3 is 2.68 bits per heavy atom. The molecule has 0 saturated carbocycles. The third kappa shape index (κ3) is 4.70. The Balaban J connectivity index is 2.03. The zero-order chi connectivity index (χ0) is 15.9. The van der Waals surface area contributed by atoms with E-state index in [-0.39, 0.29) is 12.1 Å². The molecule has 22 heavy (non-hydrogen) atoms. The Kier molecular flexibility index (Phi) is 5.71. The van der Waals surface area contributed by atoms with Gasteiger partial charge in [-0.05, 0) is 12.5 Å². The average molecular weight is 320 g/mol. The highest BCUT2D eigenvalue weighted by atomic mass is 32.2. The van der Waals surface area contributed by atoms with E-state index < -0.39 is 10.8 Å². The van der Waals surface area contributed by atoms with Gasteiger partial charge in [0.25, 0.3) is 0 Å². The second kappa shape index (κ2) is 7.74. The molecule has 0 fully saturated rings. The van der Waals surface area contributed by atoms with Crippen molar-refractivity contribution in [3.05, 3.63) is 48.3 Å². The van der Waals surface area contributed by atoms with Gasteiger partial charge in [0, 0.05) is 35.5 Å². The van der Waals surface area contributed by atoms with Crippen LogP contribution in [0.4, 0.5) is 10.5 Å². The molecular weight excluding hydrogens is 300 g/mol. The van der Waals surface area contributed by atoms with Crippen LogP contribution >= 0.6 is 0 Å². The van der Waals surface area contributed by atoms with Crippen LogP contribution in [0, 0.1) is 0 Å². The van der Waals surface area contributed by atoms with E-state index in [1.165, 1.54) is 0 Å².